The highest BCUT2D eigenvalue weighted by atomic mass is 16.5. The first kappa shape index (κ1) is 19.5. The average Bonchev–Trinajstić information content (AvgIpc) is 2.96. The van der Waals surface area contributed by atoms with E-state index in [-0.39, 0.29) is 28.9 Å². The van der Waals surface area contributed by atoms with Crippen LogP contribution in [-0.2, 0) is 23.9 Å². The minimum absolute atomic E-state index is 0.231. The number of rotatable bonds is 5. The molecule has 2 heterocycles. The molecule has 2 aliphatic heterocycles. The molecule has 0 N–H and O–H groups in total. The van der Waals surface area contributed by atoms with Gasteiger partial charge in [-0.25, -0.2) is 0 Å². The van der Waals surface area contributed by atoms with Crippen molar-refractivity contribution in [3.63, 3.8) is 0 Å². The molecule has 148 valence electrons. The van der Waals surface area contributed by atoms with E-state index in [4.69, 9.17) is 9.47 Å². The minimum Gasteiger partial charge on any atom is -0.469 e. The second kappa shape index (κ2) is 8.20. The Bertz CT molecular complexity index is 792. The first-order valence-electron chi connectivity index (χ1n) is 8.88. The van der Waals surface area contributed by atoms with Crippen LogP contribution in [0.2, 0.25) is 0 Å². The summed E-state index contributed by atoms with van der Waals surface area (Å²) in [6, 6.07) is 6.30. The molecule has 0 saturated carbocycles. The van der Waals surface area contributed by atoms with Crippen LogP contribution >= 0.6 is 0 Å². The standard InChI is InChI=1S/C19H20N2O7/c1-27-19(26)12-6-8-20(9-7-12)15(22)11-28-16(23)10-21-17(24)13-4-2-3-5-14(13)18(21)25/h2-5,12H,6-11H2,1H3. The summed E-state index contributed by atoms with van der Waals surface area (Å²) in [6.07, 6.45) is 0.975. The Kier molecular flexibility index (Phi) is 5.72. The molecular weight excluding hydrogens is 368 g/mol. The molecule has 0 atom stereocenters. The zero-order valence-electron chi connectivity index (χ0n) is 15.4. The summed E-state index contributed by atoms with van der Waals surface area (Å²) in [5.41, 5.74) is 0.481. The first-order chi connectivity index (χ1) is 13.4. The number of imide groups is 1. The van der Waals surface area contributed by atoms with Gasteiger partial charge >= 0.3 is 11.9 Å². The Morgan fingerprint density at radius 2 is 1.61 bits per heavy atom. The molecular formula is C19H20N2O7. The van der Waals surface area contributed by atoms with Crippen molar-refractivity contribution in [2.75, 3.05) is 33.4 Å². The number of esters is 2. The van der Waals surface area contributed by atoms with Gasteiger partial charge < -0.3 is 14.4 Å². The fourth-order valence-corrected chi connectivity index (χ4v) is 3.32. The fraction of sp³-hybridized carbons (Fsp3) is 0.421. The van der Waals surface area contributed by atoms with E-state index >= 15 is 0 Å². The predicted octanol–water partition coefficient (Wildman–Crippen LogP) is 0.237. The quantitative estimate of drug-likeness (QED) is 0.525. The number of amides is 3. The molecule has 2 aliphatic rings. The Labute approximate surface area is 161 Å². The van der Waals surface area contributed by atoms with Gasteiger partial charge in [-0.2, -0.15) is 0 Å². The molecule has 28 heavy (non-hydrogen) atoms. The van der Waals surface area contributed by atoms with Gasteiger partial charge in [-0.1, -0.05) is 12.1 Å². The maximum atomic E-state index is 12.2. The summed E-state index contributed by atoms with van der Waals surface area (Å²) in [6.45, 7) is -0.294. The molecule has 0 aliphatic carbocycles. The lowest BCUT2D eigenvalue weighted by Gasteiger charge is -2.30. The van der Waals surface area contributed by atoms with E-state index in [2.05, 4.69) is 0 Å². The first-order valence-corrected chi connectivity index (χ1v) is 8.88. The van der Waals surface area contributed by atoms with E-state index in [0.29, 0.717) is 25.9 Å². The van der Waals surface area contributed by atoms with E-state index in [1.54, 1.807) is 12.1 Å². The van der Waals surface area contributed by atoms with Crippen LogP contribution in [0.4, 0.5) is 0 Å². The predicted molar refractivity (Wildman–Crippen MR) is 94.1 cm³/mol. The molecule has 0 bridgehead atoms. The van der Waals surface area contributed by atoms with Gasteiger partial charge in [0.1, 0.15) is 6.54 Å². The number of fused-ring (bicyclic) bond motifs is 1. The molecule has 1 aromatic carbocycles. The third-order valence-corrected chi connectivity index (χ3v) is 4.90. The van der Waals surface area contributed by atoms with Gasteiger partial charge in [0.25, 0.3) is 17.7 Å². The second-order valence-corrected chi connectivity index (χ2v) is 6.58. The SMILES string of the molecule is COC(=O)C1CCN(C(=O)COC(=O)CN2C(=O)c3ccccc3C2=O)CC1. The van der Waals surface area contributed by atoms with Crippen LogP contribution in [0.1, 0.15) is 33.6 Å². The number of hydrogen-bond donors (Lipinski definition) is 0. The highest BCUT2D eigenvalue weighted by Gasteiger charge is 2.36. The number of benzene rings is 1. The van der Waals surface area contributed by atoms with Gasteiger partial charge in [-0.3, -0.25) is 28.9 Å². The van der Waals surface area contributed by atoms with Crippen molar-refractivity contribution in [3.8, 4) is 0 Å². The van der Waals surface area contributed by atoms with Crippen LogP contribution in [0.5, 0.6) is 0 Å². The van der Waals surface area contributed by atoms with Crippen LogP contribution in [-0.4, -0.2) is 72.8 Å². The van der Waals surface area contributed by atoms with E-state index in [1.807, 2.05) is 0 Å². The summed E-state index contributed by atoms with van der Waals surface area (Å²) in [5.74, 6) is -2.88. The molecule has 1 fully saturated rings. The van der Waals surface area contributed by atoms with E-state index in [9.17, 15) is 24.0 Å². The van der Waals surface area contributed by atoms with Crippen LogP contribution < -0.4 is 0 Å². The number of carbonyl (C=O) groups is 5. The molecule has 9 nitrogen and oxygen atoms in total. The Morgan fingerprint density at radius 1 is 1.04 bits per heavy atom. The lowest BCUT2D eigenvalue weighted by atomic mass is 9.97. The largest absolute Gasteiger partial charge is 0.469 e. The molecule has 3 rings (SSSR count). The summed E-state index contributed by atoms with van der Waals surface area (Å²) < 4.78 is 9.64. The highest BCUT2D eigenvalue weighted by Crippen LogP contribution is 2.22. The number of ether oxygens (including phenoxy) is 2. The molecule has 3 amide bonds. The Balaban J connectivity index is 1.46. The second-order valence-electron chi connectivity index (χ2n) is 6.58. The smallest absolute Gasteiger partial charge is 0.326 e. The molecule has 1 aromatic rings. The topological polar surface area (TPSA) is 110 Å². The third kappa shape index (κ3) is 3.88. The monoisotopic (exact) mass is 388 g/mol. The minimum atomic E-state index is -0.840. The number of nitrogens with zero attached hydrogens (tertiary/aromatic N) is 2. The maximum Gasteiger partial charge on any atom is 0.326 e. The number of piperidine rings is 1. The summed E-state index contributed by atoms with van der Waals surface area (Å²) in [4.78, 5) is 62.4. The zero-order chi connectivity index (χ0) is 20.3. The van der Waals surface area contributed by atoms with Gasteiger partial charge in [0.15, 0.2) is 6.61 Å². The highest BCUT2D eigenvalue weighted by molar-refractivity contribution is 6.22. The molecule has 0 unspecified atom stereocenters. The number of likely N-dealkylation sites (tertiary alicyclic amines) is 1. The average molecular weight is 388 g/mol. The summed E-state index contributed by atoms with van der Waals surface area (Å²) >= 11 is 0. The zero-order valence-corrected chi connectivity index (χ0v) is 15.4. The maximum absolute atomic E-state index is 12.2. The van der Waals surface area contributed by atoms with Gasteiger partial charge in [0.2, 0.25) is 0 Å². The molecule has 0 radical (unpaired) electrons. The van der Waals surface area contributed by atoms with Crippen molar-refractivity contribution >= 4 is 29.7 Å². The van der Waals surface area contributed by atoms with Crippen LogP contribution in [0.3, 0.4) is 0 Å². The van der Waals surface area contributed by atoms with Crippen molar-refractivity contribution < 1.29 is 33.4 Å². The van der Waals surface area contributed by atoms with E-state index < -0.39 is 30.9 Å². The molecule has 9 heteroatoms. The van der Waals surface area contributed by atoms with Crippen molar-refractivity contribution in [2.24, 2.45) is 5.92 Å². The van der Waals surface area contributed by atoms with Crippen molar-refractivity contribution in [1.82, 2.24) is 9.80 Å². The third-order valence-electron chi connectivity index (χ3n) is 4.90. The molecule has 0 spiro atoms. The Morgan fingerprint density at radius 3 is 2.14 bits per heavy atom. The summed E-state index contributed by atoms with van der Waals surface area (Å²) in [5, 5.41) is 0. The van der Waals surface area contributed by atoms with Gasteiger partial charge in [-0.05, 0) is 25.0 Å². The lowest BCUT2D eigenvalue weighted by Crippen LogP contribution is -2.43. The van der Waals surface area contributed by atoms with Crippen molar-refractivity contribution in [1.29, 1.82) is 0 Å². The van der Waals surface area contributed by atoms with Crippen LogP contribution in [0.15, 0.2) is 24.3 Å². The number of methoxy groups -OCH3 is 1. The van der Waals surface area contributed by atoms with Crippen LogP contribution in [0, 0.1) is 5.92 Å². The van der Waals surface area contributed by atoms with Gasteiger partial charge in [0.05, 0.1) is 24.2 Å². The van der Waals surface area contributed by atoms with Crippen molar-refractivity contribution in [2.45, 2.75) is 12.8 Å². The number of hydrogen-bond acceptors (Lipinski definition) is 7. The lowest BCUT2D eigenvalue weighted by molar-refractivity contribution is -0.154. The Hall–Kier alpha value is -3.23. The van der Waals surface area contributed by atoms with E-state index in [0.717, 1.165) is 4.90 Å². The molecule has 1 saturated heterocycles. The fourth-order valence-electron chi connectivity index (χ4n) is 3.32. The van der Waals surface area contributed by atoms with E-state index in [1.165, 1.54) is 24.1 Å². The van der Waals surface area contributed by atoms with Crippen molar-refractivity contribution in [3.05, 3.63) is 35.4 Å². The summed E-state index contributed by atoms with van der Waals surface area (Å²) in [7, 11) is 1.33. The number of carbonyl (C=O) groups excluding carboxylic acids is 5. The van der Waals surface area contributed by atoms with Gasteiger partial charge in [-0.15, -0.1) is 0 Å². The normalized spacial score (nSPS) is 16.8. The van der Waals surface area contributed by atoms with Crippen LogP contribution in [0.25, 0.3) is 0 Å². The van der Waals surface area contributed by atoms with Gasteiger partial charge in [0, 0.05) is 13.1 Å². The molecule has 0 aromatic heterocycles.